The van der Waals surface area contributed by atoms with Gasteiger partial charge in [-0.05, 0) is 63.2 Å². The van der Waals surface area contributed by atoms with Gasteiger partial charge in [-0.25, -0.2) is 0 Å². The van der Waals surface area contributed by atoms with Crippen LogP contribution in [0.4, 0.5) is 5.82 Å². The van der Waals surface area contributed by atoms with E-state index in [1.54, 1.807) is 10.9 Å². The van der Waals surface area contributed by atoms with Crippen LogP contribution < -0.4 is 5.32 Å². The average Bonchev–Trinajstić information content (AvgIpc) is 3.13. The van der Waals surface area contributed by atoms with Crippen molar-refractivity contribution in [3.05, 3.63) is 29.2 Å². The van der Waals surface area contributed by atoms with E-state index in [2.05, 4.69) is 21.3 Å². The number of carbonyl (C=O) groups excluding carboxylic acids is 1. The van der Waals surface area contributed by atoms with E-state index in [4.69, 9.17) is 16.7 Å². The normalized spacial score (nSPS) is 32.2. The number of amides is 1. The lowest BCUT2D eigenvalue weighted by Gasteiger charge is -2.56. The molecule has 4 fully saturated rings. The lowest BCUT2D eigenvalue weighted by Crippen LogP contribution is -2.52. The molecule has 4 bridgehead atoms. The molecule has 4 saturated carbocycles. The summed E-state index contributed by atoms with van der Waals surface area (Å²) in [5.41, 5.74) is 0.912. The van der Waals surface area contributed by atoms with Crippen molar-refractivity contribution in [3.8, 4) is 0 Å². The Hall–Kier alpha value is -1.82. The van der Waals surface area contributed by atoms with Crippen molar-refractivity contribution in [1.29, 1.82) is 0 Å². The number of nitrogens with zero attached hydrogens (tertiary/aromatic N) is 4. The molecule has 0 spiro atoms. The highest BCUT2D eigenvalue weighted by Crippen LogP contribution is 2.58. The standard InChI is InChI=1S/C19H24ClN5O/c1-12-16(20)10-24(22-12)11-18(26)21-17-2-3-25(23-17)19-7-13-4-14(8-19)6-15(5-13)9-19/h2-3,10,13-15H,4-9,11H2,1H3,(H,21,23,26). The Bertz CT molecular complexity index is 799. The average molecular weight is 374 g/mol. The first kappa shape index (κ1) is 16.4. The summed E-state index contributed by atoms with van der Waals surface area (Å²) < 4.78 is 3.71. The number of rotatable bonds is 4. The summed E-state index contributed by atoms with van der Waals surface area (Å²) in [6.45, 7) is 1.96. The van der Waals surface area contributed by atoms with Crippen molar-refractivity contribution >= 4 is 23.3 Å². The number of halogens is 1. The number of hydrogen-bond acceptors (Lipinski definition) is 3. The first-order valence-electron chi connectivity index (χ1n) is 9.55. The molecule has 7 heteroatoms. The van der Waals surface area contributed by atoms with E-state index in [9.17, 15) is 4.79 Å². The van der Waals surface area contributed by atoms with Crippen molar-refractivity contribution in [1.82, 2.24) is 19.6 Å². The zero-order valence-corrected chi connectivity index (χ0v) is 15.7. The third-order valence-corrected chi connectivity index (χ3v) is 6.91. The molecule has 0 atom stereocenters. The second-order valence-corrected chi connectivity index (χ2v) is 9.00. The Morgan fingerprint density at radius 3 is 2.46 bits per heavy atom. The minimum Gasteiger partial charge on any atom is -0.308 e. The summed E-state index contributed by atoms with van der Waals surface area (Å²) in [7, 11) is 0. The Kier molecular flexibility index (Phi) is 3.68. The van der Waals surface area contributed by atoms with Gasteiger partial charge in [0.15, 0.2) is 5.82 Å². The molecule has 138 valence electrons. The number of hydrogen-bond donors (Lipinski definition) is 1. The van der Waals surface area contributed by atoms with E-state index < -0.39 is 0 Å². The van der Waals surface area contributed by atoms with E-state index in [0.29, 0.717) is 10.8 Å². The first-order valence-corrected chi connectivity index (χ1v) is 9.92. The van der Waals surface area contributed by atoms with Gasteiger partial charge in [-0.2, -0.15) is 10.2 Å². The molecule has 1 N–H and O–H groups in total. The highest BCUT2D eigenvalue weighted by Gasteiger charge is 2.52. The molecular weight excluding hydrogens is 350 g/mol. The number of nitrogens with one attached hydrogen (secondary N) is 1. The summed E-state index contributed by atoms with van der Waals surface area (Å²) in [5.74, 6) is 3.10. The molecule has 0 radical (unpaired) electrons. The van der Waals surface area contributed by atoms with Gasteiger partial charge in [0.1, 0.15) is 6.54 Å². The van der Waals surface area contributed by atoms with E-state index in [1.807, 2.05) is 13.0 Å². The van der Waals surface area contributed by atoms with Gasteiger partial charge in [-0.1, -0.05) is 11.6 Å². The van der Waals surface area contributed by atoms with Crippen LogP contribution >= 0.6 is 11.6 Å². The molecule has 0 unspecified atom stereocenters. The van der Waals surface area contributed by atoms with Gasteiger partial charge in [-0.3, -0.25) is 14.2 Å². The number of aromatic nitrogens is 4. The van der Waals surface area contributed by atoms with Crippen molar-refractivity contribution in [3.63, 3.8) is 0 Å². The van der Waals surface area contributed by atoms with E-state index in [-0.39, 0.29) is 18.0 Å². The molecule has 0 aliphatic heterocycles. The van der Waals surface area contributed by atoms with Gasteiger partial charge in [0.05, 0.1) is 16.3 Å². The predicted molar refractivity (Wildman–Crippen MR) is 99.0 cm³/mol. The maximum atomic E-state index is 12.3. The van der Waals surface area contributed by atoms with Crippen LogP contribution in [0, 0.1) is 24.7 Å². The van der Waals surface area contributed by atoms with Gasteiger partial charge in [0.25, 0.3) is 0 Å². The number of carbonyl (C=O) groups is 1. The second-order valence-electron chi connectivity index (χ2n) is 8.60. The van der Waals surface area contributed by atoms with Gasteiger partial charge >= 0.3 is 0 Å². The molecule has 2 aromatic heterocycles. The van der Waals surface area contributed by atoms with Gasteiger partial charge in [0.2, 0.25) is 5.91 Å². The monoisotopic (exact) mass is 373 g/mol. The fraction of sp³-hybridized carbons (Fsp3) is 0.632. The van der Waals surface area contributed by atoms with Crippen molar-refractivity contribution in [2.24, 2.45) is 17.8 Å². The van der Waals surface area contributed by atoms with Crippen LogP contribution in [-0.4, -0.2) is 25.5 Å². The lowest BCUT2D eigenvalue weighted by molar-refractivity contribution is -0.116. The maximum absolute atomic E-state index is 12.3. The molecule has 26 heavy (non-hydrogen) atoms. The zero-order chi connectivity index (χ0) is 17.9. The minimum absolute atomic E-state index is 0.137. The van der Waals surface area contributed by atoms with Gasteiger partial charge in [-0.15, -0.1) is 0 Å². The Labute approximate surface area is 157 Å². The number of anilines is 1. The molecule has 2 aromatic rings. The fourth-order valence-electron chi connectivity index (χ4n) is 5.90. The smallest absolute Gasteiger partial charge is 0.247 e. The molecule has 4 aliphatic rings. The highest BCUT2D eigenvalue weighted by atomic mass is 35.5. The molecule has 0 aromatic carbocycles. The quantitative estimate of drug-likeness (QED) is 0.890. The Morgan fingerprint density at radius 1 is 1.23 bits per heavy atom. The van der Waals surface area contributed by atoms with Crippen molar-refractivity contribution in [2.75, 3.05) is 5.32 Å². The molecular formula is C19H24ClN5O. The van der Waals surface area contributed by atoms with Gasteiger partial charge < -0.3 is 5.32 Å². The topological polar surface area (TPSA) is 64.7 Å². The summed E-state index contributed by atoms with van der Waals surface area (Å²) in [6, 6.07) is 1.91. The van der Waals surface area contributed by atoms with E-state index in [1.165, 1.54) is 38.5 Å². The summed E-state index contributed by atoms with van der Waals surface area (Å²) in [4.78, 5) is 12.3. The van der Waals surface area contributed by atoms with Crippen LogP contribution in [-0.2, 0) is 16.9 Å². The van der Waals surface area contributed by atoms with Crippen molar-refractivity contribution in [2.45, 2.75) is 57.5 Å². The van der Waals surface area contributed by atoms with E-state index >= 15 is 0 Å². The molecule has 6 rings (SSSR count). The number of aryl methyl sites for hydroxylation is 1. The van der Waals surface area contributed by atoms with Crippen LogP contribution in [0.15, 0.2) is 18.5 Å². The second kappa shape index (κ2) is 5.84. The third-order valence-electron chi connectivity index (χ3n) is 6.54. The first-order chi connectivity index (χ1) is 12.5. The van der Waals surface area contributed by atoms with Crippen LogP contribution in [0.5, 0.6) is 0 Å². The van der Waals surface area contributed by atoms with Crippen LogP contribution in [0.25, 0.3) is 0 Å². The molecule has 0 saturated heterocycles. The van der Waals surface area contributed by atoms with Crippen LogP contribution in [0.2, 0.25) is 5.02 Å². The van der Waals surface area contributed by atoms with Gasteiger partial charge in [0, 0.05) is 18.5 Å². The Balaban J connectivity index is 1.29. The molecule has 1 amide bonds. The largest absolute Gasteiger partial charge is 0.308 e. The molecule has 6 nitrogen and oxygen atoms in total. The van der Waals surface area contributed by atoms with Crippen LogP contribution in [0.3, 0.4) is 0 Å². The third kappa shape index (κ3) is 2.75. The summed E-state index contributed by atoms with van der Waals surface area (Å²) in [6.07, 6.45) is 11.7. The van der Waals surface area contributed by atoms with E-state index in [0.717, 1.165) is 23.4 Å². The molecule has 4 aliphatic carbocycles. The van der Waals surface area contributed by atoms with Crippen LogP contribution in [0.1, 0.15) is 44.2 Å². The summed E-state index contributed by atoms with van der Waals surface area (Å²) >= 11 is 6.00. The Morgan fingerprint density at radius 2 is 1.88 bits per heavy atom. The maximum Gasteiger partial charge on any atom is 0.247 e. The lowest BCUT2D eigenvalue weighted by atomic mass is 9.53. The fourth-order valence-corrected chi connectivity index (χ4v) is 6.05. The summed E-state index contributed by atoms with van der Waals surface area (Å²) in [5, 5.41) is 12.4. The molecule has 2 heterocycles. The SMILES string of the molecule is Cc1nn(CC(=O)Nc2ccn(C34CC5CC(CC(C5)C3)C4)n2)cc1Cl. The zero-order valence-electron chi connectivity index (χ0n) is 15.0. The predicted octanol–water partition coefficient (Wildman–Crippen LogP) is 3.61. The minimum atomic E-state index is -0.139. The highest BCUT2D eigenvalue weighted by molar-refractivity contribution is 6.31. The van der Waals surface area contributed by atoms with Crippen molar-refractivity contribution < 1.29 is 4.79 Å².